The van der Waals surface area contributed by atoms with Gasteiger partial charge in [-0.1, -0.05) is 0 Å². The van der Waals surface area contributed by atoms with Crippen molar-refractivity contribution < 1.29 is 14.6 Å². The molecule has 0 amide bonds. The molecule has 0 aliphatic carbocycles. The van der Waals surface area contributed by atoms with E-state index in [2.05, 4.69) is 16.0 Å². The summed E-state index contributed by atoms with van der Waals surface area (Å²) in [5, 5.41) is 17.9. The summed E-state index contributed by atoms with van der Waals surface area (Å²) in [6.07, 6.45) is 1.61. The van der Waals surface area contributed by atoms with E-state index in [-0.39, 0.29) is 5.92 Å². The average Bonchev–Trinajstić information content (AvgIpc) is 2.57. The van der Waals surface area contributed by atoms with Gasteiger partial charge in [-0.05, 0) is 54.8 Å². The van der Waals surface area contributed by atoms with Crippen molar-refractivity contribution in [1.82, 2.24) is 9.88 Å². The first-order valence-corrected chi connectivity index (χ1v) is 8.49. The number of aliphatic carboxylic acids is 1. The third-order valence-electron chi connectivity index (χ3n) is 4.69. The third kappa shape index (κ3) is 4.01. The highest BCUT2D eigenvalue weighted by molar-refractivity contribution is 5.71. The number of benzene rings is 1. The first kappa shape index (κ1) is 17.9. The van der Waals surface area contributed by atoms with Crippen LogP contribution in [0.25, 0.3) is 0 Å². The fraction of sp³-hybridized carbons (Fsp3) is 0.350. The van der Waals surface area contributed by atoms with Crippen molar-refractivity contribution >= 4 is 5.97 Å². The minimum atomic E-state index is -0.715. The Morgan fingerprint density at radius 1 is 1.35 bits per heavy atom. The zero-order valence-electron chi connectivity index (χ0n) is 14.9. The van der Waals surface area contributed by atoms with Crippen molar-refractivity contribution in [3.05, 3.63) is 58.4 Å². The van der Waals surface area contributed by atoms with Gasteiger partial charge in [-0.25, -0.2) is 0 Å². The van der Waals surface area contributed by atoms with Crippen LogP contribution in [0.3, 0.4) is 0 Å². The number of carbonyl (C=O) groups is 1. The number of hydrogen-bond acceptors (Lipinski definition) is 5. The lowest BCUT2D eigenvalue weighted by atomic mass is 9.96. The quantitative estimate of drug-likeness (QED) is 0.861. The minimum absolute atomic E-state index is 0.241. The molecule has 2 aromatic rings. The zero-order valence-corrected chi connectivity index (χ0v) is 14.9. The van der Waals surface area contributed by atoms with E-state index in [1.807, 2.05) is 26.0 Å². The van der Waals surface area contributed by atoms with Gasteiger partial charge in [-0.15, -0.1) is 0 Å². The van der Waals surface area contributed by atoms with Gasteiger partial charge in [0, 0.05) is 25.8 Å². The van der Waals surface area contributed by atoms with E-state index in [0.29, 0.717) is 31.0 Å². The fourth-order valence-corrected chi connectivity index (χ4v) is 3.15. The van der Waals surface area contributed by atoms with Crippen molar-refractivity contribution in [3.8, 4) is 11.8 Å². The highest BCUT2D eigenvalue weighted by Gasteiger charge is 2.32. The van der Waals surface area contributed by atoms with Crippen molar-refractivity contribution in [2.45, 2.75) is 27.0 Å². The van der Waals surface area contributed by atoms with Gasteiger partial charge < -0.3 is 9.84 Å². The molecule has 3 rings (SSSR count). The van der Waals surface area contributed by atoms with Gasteiger partial charge in [0.2, 0.25) is 0 Å². The third-order valence-corrected chi connectivity index (χ3v) is 4.69. The van der Waals surface area contributed by atoms with Crippen LogP contribution < -0.4 is 4.74 Å². The maximum absolute atomic E-state index is 10.9. The largest absolute Gasteiger partial charge is 0.487 e. The molecule has 1 aliphatic rings. The van der Waals surface area contributed by atoms with Crippen LogP contribution in [-0.4, -0.2) is 34.0 Å². The van der Waals surface area contributed by atoms with E-state index in [4.69, 9.17) is 15.1 Å². The number of ether oxygens (including phenoxy) is 1. The van der Waals surface area contributed by atoms with E-state index < -0.39 is 5.97 Å². The number of hydrogen-bond donors (Lipinski definition) is 1. The minimum Gasteiger partial charge on any atom is -0.487 e. The van der Waals surface area contributed by atoms with E-state index >= 15 is 0 Å². The van der Waals surface area contributed by atoms with Crippen LogP contribution in [0, 0.1) is 31.1 Å². The Labute approximate surface area is 152 Å². The Bertz CT molecular complexity index is 844. The second-order valence-electron chi connectivity index (χ2n) is 6.70. The molecule has 1 N–H and O–H groups in total. The van der Waals surface area contributed by atoms with E-state index in [0.717, 1.165) is 23.4 Å². The van der Waals surface area contributed by atoms with Crippen LogP contribution in [0.4, 0.5) is 0 Å². The van der Waals surface area contributed by atoms with Gasteiger partial charge in [-0.3, -0.25) is 14.7 Å². The first-order valence-electron chi connectivity index (χ1n) is 8.49. The molecule has 1 aromatic heterocycles. The number of nitrogens with zero attached hydrogens (tertiary/aromatic N) is 3. The van der Waals surface area contributed by atoms with E-state index in [9.17, 15) is 4.79 Å². The van der Waals surface area contributed by atoms with Gasteiger partial charge >= 0.3 is 5.97 Å². The van der Waals surface area contributed by atoms with E-state index in [1.54, 1.807) is 18.3 Å². The van der Waals surface area contributed by atoms with Crippen molar-refractivity contribution in [3.63, 3.8) is 0 Å². The second-order valence-corrected chi connectivity index (χ2v) is 6.70. The highest BCUT2D eigenvalue weighted by Crippen LogP contribution is 2.26. The molecule has 1 fully saturated rings. The Morgan fingerprint density at radius 2 is 2.04 bits per heavy atom. The number of pyridine rings is 1. The molecule has 26 heavy (non-hydrogen) atoms. The molecule has 1 saturated heterocycles. The molecular weight excluding hydrogens is 330 g/mol. The summed E-state index contributed by atoms with van der Waals surface area (Å²) < 4.78 is 5.84. The molecule has 6 heteroatoms. The summed E-state index contributed by atoms with van der Waals surface area (Å²) in [5.74, 6) is -0.192. The topological polar surface area (TPSA) is 86.5 Å². The van der Waals surface area contributed by atoms with Crippen LogP contribution in [0.2, 0.25) is 0 Å². The fourth-order valence-electron chi connectivity index (χ4n) is 3.15. The van der Waals surface area contributed by atoms with Crippen LogP contribution in [0.5, 0.6) is 5.75 Å². The Hall–Kier alpha value is -2.91. The Morgan fingerprint density at radius 3 is 2.65 bits per heavy atom. The molecule has 0 radical (unpaired) electrons. The molecule has 134 valence electrons. The van der Waals surface area contributed by atoms with Gasteiger partial charge in [0.05, 0.1) is 23.2 Å². The predicted molar refractivity (Wildman–Crippen MR) is 95.6 cm³/mol. The second kappa shape index (κ2) is 7.54. The maximum Gasteiger partial charge on any atom is 0.309 e. The smallest absolute Gasteiger partial charge is 0.309 e. The van der Waals surface area contributed by atoms with Gasteiger partial charge in [0.1, 0.15) is 12.4 Å². The average molecular weight is 351 g/mol. The van der Waals surface area contributed by atoms with Crippen molar-refractivity contribution in [1.29, 1.82) is 5.26 Å². The highest BCUT2D eigenvalue weighted by atomic mass is 16.5. The summed E-state index contributed by atoms with van der Waals surface area (Å²) in [4.78, 5) is 17.3. The molecule has 1 aliphatic heterocycles. The Kier molecular flexibility index (Phi) is 5.19. The number of carboxylic acids is 1. The molecule has 0 saturated carbocycles. The summed E-state index contributed by atoms with van der Waals surface area (Å²) in [6.45, 7) is 6.35. The van der Waals surface area contributed by atoms with Gasteiger partial charge in [0.25, 0.3) is 0 Å². The monoisotopic (exact) mass is 351 g/mol. The lowest BCUT2D eigenvalue weighted by molar-refractivity contribution is -0.147. The SMILES string of the molecule is Cc1cc(OCc2cc(C#N)ccn2)cc(C)c1CN1CC(C(=O)O)C1. The standard InChI is InChI=1S/C20H21N3O3/c1-13-5-18(26-12-17-7-15(8-21)3-4-22-17)6-14(2)19(13)11-23-9-16(10-23)20(24)25/h3-7,16H,9-12H2,1-2H3,(H,24,25). The molecule has 2 heterocycles. The van der Waals surface area contributed by atoms with Crippen LogP contribution in [0.15, 0.2) is 30.5 Å². The summed E-state index contributed by atoms with van der Waals surface area (Å²) >= 11 is 0. The molecule has 6 nitrogen and oxygen atoms in total. The Balaban J connectivity index is 1.63. The summed E-state index contributed by atoms with van der Waals surface area (Å²) in [7, 11) is 0. The number of likely N-dealkylation sites (tertiary alicyclic amines) is 1. The number of carboxylic acid groups (broad SMARTS) is 1. The molecule has 0 unspecified atom stereocenters. The number of aryl methyl sites for hydroxylation is 2. The number of aromatic nitrogens is 1. The van der Waals surface area contributed by atoms with Crippen LogP contribution >= 0.6 is 0 Å². The van der Waals surface area contributed by atoms with Gasteiger partial charge in [0.15, 0.2) is 0 Å². The van der Waals surface area contributed by atoms with Crippen molar-refractivity contribution in [2.24, 2.45) is 5.92 Å². The van der Waals surface area contributed by atoms with Crippen molar-refractivity contribution in [2.75, 3.05) is 13.1 Å². The van der Waals surface area contributed by atoms with E-state index in [1.165, 1.54) is 5.56 Å². The van der Waals surface area contributed by atoms with Gasteiger partial charge in [-0.2, -0.15) is 5.26 Å². The molecule has 0 spiro atoms. The normalized spacial score (nSPS) is 14.5. The predicted octanol–water partition coefficient (Wildman–Crippen LogP) is 2.67. The lowest BCUT2D eigenvalue weighted by Crippen LogP contribution is -2.49. The summed E-state index contributed by atoms with van der Waals surface area (Å²) in [5.41, 5.74) is 4.74. The molecule has 0 atom stereocenters. The number of nitriles is 1. The molecule has 0 bridgehead atoms. The van der Waals surface area contributed by atoms with Crippen LogP contribution in [-0.2, 0) is 17.9 Å². The molecular formula is C20H21N3O3. The first-order chi connectivity index (χ1) is 12.5. The maximum atomic E-state index is 10.9. The number of rotatable bonds is 6. The van der Waals surface area contributed by atoms with Crippen LogP contribution in [0.1, 0.15) is 27.9 Å². The lowest BCUT2D eigenvalue weighted by Gasteiger charge is -2.37. The zero-order chi connectivity index (χ0) is 18.7. The summed E-state index contributed by atoms with van der Waals surface area (Å²) in [6, 6.07) is 9.46. The molecule has 1 aromatic carbocycles.